The molecule has 7 heteroatoms. The number of nitrogens with zero attached hydrogens (tertiary/aromatic N) is 2. The number of aliphatic imine (C=N–C) groups is 1. The van der Waals surface area contributed by atoms with Crippen LogP contribution in [0.25, 0.3) is 0 Å². The molecule has 6 nitrogen and oxygen atoms in total. The van der Waals surface area contributed by atoms with Crippen molar-refractivity contribution in [3.05, 3.63) is 30.3 Å². The lowest BCUT2D eigenvalue weighted by Crippen LogP contribution is -2.39. The fourth-order valence-corrected chi connectivity index (χ4v) is 1.71. The van der Waals surface area contributed by atoms with Gasteiger partial charge in [-0.15, -0.1) is 24.0 Å². The van der Waals surface area contributed by atoms with Gasteiger partial charge in [0.05, 0.1) is 0 Å². The molecule has 0 atom stereocenters. The lowest BCUT2D eigenvalue weighted by Gasteiger charge is -2.13. The number of rotatable bonds is 8. The molecule has 0 aliphatic rings. The van der Waals surface area contributed by atoms with Gasteiger partial charge in [0.1, 0.15) is 6.54 Å². The highest BCUT2D eigenvalue weighted by Crippen LogP contribution is 2.03. The normalized spacial score (nSPS) is 10.5. The van der Waals surface area contributed by atoms with Crippen LogP contribution in [0.1, 0.15) is 13.3 Å². The van der Waals surface area contributed by atoms with E-state index in [1.807, 2.05) is 37.3 Å². The molecule has 1 amide bonds. The van der Waals surface area contributed by atoms with Crippen molar-refractivity contribution in [3.63, 3.8) is 0 Å². The third-order valence-corrected chi connectivity index (χ3v) is 2.96. The maximum Gasteiger partial charge on any atom is 0.243 e. The van der Waals surface area contributed by atoms with E-state index in [2.05, 4.69) is 20.9 Å². The largest absolute Gasteiger partial charge is 0.385 e. The van der Waals surface area contributed by atoms with Gasteiger partial charge in [0, 0.05) is 39.4 Å². The number of halogens is 1. The molecule has 0 radical (unpaired) electrons. The minimum Gasteiger partial charge on any atom is -0.385 e. The third kappa shape index (κ3) is 9.98. The van der Waals surface area contributed by atoms with E-state index in [-0.39, 0.29) is 36.4 Å². The van der Waals surface area contributed by atoms with E-state index in [0.29, 0.717) is 5.96 Å². The zero-order chi connectivity index (χ0) is 16.2. The number of amides is 1. The van der Waals surface area contributed by atoms with Crippen molar-refractivity contribution in [3.8, 4) is 0 Å². The molecule has 0 saturated carbocycles. The fourth-order valence-electron chi connectivity index (χ4n) is 1.71. The van der Waals surface area contributed by atoms with Crippen molar-refractivity contribution in [1.29, 1.82) is 0 Å². The van der Waals surface area contributed by atoms with Crippen LogP contribution in [0.4, 0.5) is 5.69 Å². The van der Waals surface area contributed by atoms with Crippen LogP contribution in [0.5, 0.6) is 0 Å². The average Bonchev–Trinajstić information content (AvgIpc) is 2.52. The molecule has 23 heavy (non-hydrogen) atoms. The number of carbonyl (C=O) groups is 1. The average molecular weight is 433 g/mol. The number of para-hydroxylation sites is 1. The second-order valence-corrected chi connectivity index (χ2v) is 5.06. The summed E-state index contributed by atoms with van der Waals surface area (Å²) in [4.78, 5) is 17.3. The maximum absolute atomic E-state index is 11.5. The van der Waals surface area contributed by atoms with Crippen molar-refractivity contribution in [2.45, 2.75) is 13.3 Å². The van der Waals surface area contributed by atoms with Gasteiger partial charge in [-0.3, -0.25) is 4.79 Å². The van der Waals surface area contributed by atoms with Gasteiger partial charge in [-0.1, -0.05) is 18.2 Å². The summed E-state index contributed by atoms with van der Waals surface area (Å²) in [6, 6.07) is 10.1. The molecule has 0 fully saturated rings. The Bertz CT molecular complexity index is 465. The van der Waals surface area contributed by atoms with E-state index < -0.39 is 0 Å². The van der Waals surface area contributed by atoms with Gasteiger partial charge in [-0.05, 0) is 25.5 Å². The summed E-state index contributed by atoms with van der Waals surface area (Å²) in [5.74, 6) is 0.667. The van der Waals surface area contributed by atoms with Gasteiger partial charge in [0.2, 0.25) is 5.91 Å². The highest BCUT2D eigenvalue weighted by molar-refractivity contribution is 14.0. The molecule has 0 heterocycles. The summed E-state index contributed by atoms with van der Waals surface area (Å²) in [7, 11) is 3.46. The Labute approximate surface area is 156 Å². The first-order chi connectivity index (χ1) is 10.6. The van der Waals surface area contributed by atoms with Crippen molar-refractivity contribution in [2.75, 3.05) is 45.6 Å². The maximum atomic E-state index is 11.5. The van der Waals surface area contributed by atoms with Gasteiger partial charge in [-0.2, -0.15) is 0 Å². The van der Waals surface area contributed by atoms with Crippen molar-refractivity contribution in [1.82, 2.24) is 15.5 Å². The summed E-state index contributed by atoms with van der Waals surface area (Å²) in [6.07, 6.45) is 0.959. The van der Waals surface area contributed by atoms with Crippen molar-refractivity contribution in [2.24, 2.45) is 4.99 Å². The second kappa shape index (κ2) is 13.0. The van der Waals surface area contributed by atoms with Gasteiger partial charge < -0.3 is 20.9 Å². The summed E-state index contributed by atoms with van der Waals surface area (Å²) >= 11 is 0. The highest BCUT2D eigenvalue weighted by atomic mass is 127. The first-order valence-corrected chi connectivity index (χ1v) is 7.64. The zero-order valence-corrected chi connectivity index (χ0v) is 16.5. The monoisotopic (exact) mass is 433 g/mol. The summed E-state index contributed by atoms with van der Waals surface area (Å²) < 4.78 is 0. The number of anilines is 1. The predicted molar refractivity (Wildman–Crippen MR) is 108 cm³/mol. The van der Waals surface area contributed by atoms with E-state index in [0.717, 1.165) is 31.7 Å². The minimum absolute atomic E-state index is 0. The van der Waals surface area contributed by atoms with E-state index in [9.17, 15) is 4.79 Å². The first-order valence-electron chi connectivity index (χ1n) is 7.64. The van der Waals surface area contributed by atoms with Crippen LogP contribution in [0, 0.1) is 0 Å². The number of carbonyl (C=O) groups excluding carboxylic acids is 1. The Balaban J connectivity index is 0.00000484. The Morgan fingerprint density at radius 3 is 2.43 bits per heavy atom. The van der Waals surface area contributed by atoms with E-state index in [1.54, 1.807) is 14.1 Å². The number of nitrogens with one attached hydrogen (secondary N) is 3. The molecule has 1 rings (SSSR count). The SMILES string of the molecule is CCNC(=NCC(=O)N(C)C)NCCCNc1ccccc1.I. The Morgan fingerprint density at radius 2 is 1.83 bits per heavy atom. The van der Waals surface area contributed by atoms with E-state index in [4.69, 9.17) is 0 Å². The highest BCUT2D eigenvalue weighted by Gasteiger charge is 2.03. The molecular formula is C16H28IN5O. The lowest BCUT2D eigenvalue weighted by molar-refractivity contribution is -0.127. The van der Waals surface area contributed by atoms with Gasteiger partial charge >= 0.3 is 0 Å². The van der Waals surface area contributed by atoms with Crippen LogP contribution in [0.15, 0.2) is 35.3 Å². The molecule has 1 aromatic carbocycles. The van der Waals surface area contributed by atoms with Crippen LogP contribution < -0.4 is 16.0 Å². The van der Waals surface area contributed by atoms with Crippen molar-refractivity contribution >= 4 is 41.5 Å². The second-order valence-electron chi connectivity index (χ2n) is 5.06. The third-order valence-electron chi connectivity index (χ3n) is 2.96. The number of guanidine groups is 1. The number of likely N-dealkylation sites (N-methyl/N-ethyl adjacent to an activating group) is 1. The number of hydrogen-bond donors (Lipinski definition) is 3. The quantitative estimate of drug-likeness (QED) is 0.253. The molecule has 130 valence electrons. The van der Waals surface area contributed by atoms with Gasteiger partial charge in [0.25, 0.3) is 0 Å². The fraction of sp³-hybridized carbons (Fsp3) is 0.500. The molecule has 3 N–H and O–H groups in total. The van der Waals surface area contributed by atoms with Crippen LogP contribution in [0.3, 0.4) is 0 Å². The molecule has 0 spiro atoms. The smallest absolute Gasteiger partial charge is 0.243 e. The predicted octanol–water partition coefficient (Wildman–Crippen LogP) is 1.75. The molecule has 0 aromatic heterocycles. The Hall–Kier alpha value is -1.51. The first kappa shape index (κ1) is 21.5. The summed E-state index contributed by atoms with van der Waals surface area (Å²) in [5, 5.41) is 9.72. The van der Waals surface area contributed by atoms with E-state index in [1.165, 1.54) is 4.90 Å². The van der Waals surface area contributed by atoms with Crippen LogP contribution >= 0.6 is 24.0 Å². The van der Waals surface area contributed by atoms with E-state index >= 15 is 0 Å². The molecule has 0 unspecified atom stereocenters. The van der Waals surface area contributed by atoms with Gasteiger partial charge in [-0.25, -0.2) is 4.99 Å². The van der Waals surface area contributed by atoms with Gasteiger partial charge in [0.15, 0.2) is 5.96 Å². The zero-order valence-electron chi connectivity index (χ0n) is 14.1. The van der Waals surface area contributed by atoms with Crippen LogP contribution in [-0.4, -0.2) is 57.0 Å². The molecule has 1 aromatic rings. The molecule has 0 aliphatic carbocycles. The molecule has 0 aliphatic heterocycles. The Morgan fingerprint density at radius 1 is 1.13 bits per heavy atom. The lowest BCUT2D eigenvalue weighted by atomic mass is 10.3. The summed E-state index contributed by atoms with van der Waals surface area (Å²) in [5.41, 5.74) is 1.12. The standard InChI is InChI=1S/C16H27N5O.HI/c1-4-17-16(20-13-15(22)21(2)3)19-12-8-11-18-14-9-6-5-7-10-14;/h5-7,9-10,18H,4,8,11-13H2,1-3H3,(H2,17,19,20);1H. The molecular weight excluding hydrogens is 405 g/mol. The molecule has 0 bridgehead atoms. The van der Waals surface area contributed by atoms with Crippen molar-refractivity contribution < 1.29 is 4.79 Å². The van der Waals surface area contributed by atoms with Crippen LogP contribution in [0.2, 0.25) is 0 Å². The Kier molecular flexibility index (Phi) is 12.1. The number of benzene rings is 1. The van der Waals surface area contributed by atoms with Crippen LogP contribution in [-0.2, 0) is 4.79 Å². The molecule has 0 saturated heterocycles. The summed E-state index contributed by atoms with van der Waals surface area (Å²) in [6.45, 7) is 4.60. The number of hydrogen-bond acceptors (Lipinski definition) is 3. The minimum atomic E-state index is -0.0112. The topological polar surface area (TPSA) is 68.8 Å².